The number of allylic oxidation sites excluding steroid dienone is 2. The average molecular weight is 461 g/mol. The maximum Gasteiger partial charge on any atom is 0.0428 e. The van der Waals surface area contributed by atoms with Crippen LogP contribution in [-0.2, 0) is 0 Å². The van der Waals surface area contributed by atoms with Crippen LogP contribution in [0.1, 0.15) is 87.8 Å². The number of rotatable bonds is 12. The fourth-order valence-electron chi connectivity index (χ4n) is 4.38. The maximum absolute atomic E-state index is 2.36. The van der Waals surface area contributed by atoms with Crippen molar-refractivity contribution in [3.63, 3.8) is 0 Å². The Morgan fingerprint density at radius 2 is 1.06 bits per heavy atom. The molecule has 2 heteroatoms. The van der Waals surface area contributed by atoms with E-state index in [0.29, 0.717) is 0 Å². The van der Waals surface area contributed by atoms with Crippen molar-refractivity contribution in [2.75, 3.05) is 0 Å². The SMILES string of the molecule is CCCCCC/C=C/c1cc2ccc3c(ccc4cc(/C=C/CCCCCC)sc43)c2s1. The van der Waals surface area contributed by atoms with Crippen molar-refractivity contribution < 1.29 is 0 Å². The summed E-state index contributed by atoms with van der Waals surface area (Å²) in [5, 5.41) is 5.55. The monoisotopic (exact) mass is 460 g/mol. The predicted octanol–water partition coefficient (Wildman–Crippen LogP) is 11.2. The molecule has 0 bridgehead atoms. The highest BCUT2D eigenvalue weighted by Gasteiger charge is 2.09. The van der Waals surface area contributed by atoms with Gasteiger partial charge in [0.2, 0.25) is 0 Å². The van der Waals surface area contributed by atoms with Crippen molar-refractivity contribution in [1.29, 1.82) is 0 Å². The van der Waals surface area contributed by atoms with Crippen LogP contribution in [0, 0.1) is 0 Å². The number of unbranched alkanes of at least 4 members (excludes halogenated alkanes) is 8. The molecule has 4 rings (SSSR count). The number of hydrogen-bond acceptors (Lipinski definition) is 2. The molecular weight excluding hydrogens is 424 g/mol. The molecule has 0 saturated heterocycles. The van der Waals surface area contributed by atoms with Crippen molar-refractivity contribution in [3.8, 4) is 0 Å². The van der Waals surface area contributed by atoms with Gasteiger partial charge in [-0.25, -0.2) is 0 Å². The zero-order valence-corrected chi connectivity index (χ0v) is 21.3. The molecule has 0 spiro atoms. The number of thiophene rings is 2. The first kappa shape index (κ1) is 23.3. The van der Waals surface area contributed by atoms with Gasteiger partial charge in [-0.2, -0.15) is 0 Å². The Hall–Kier alpha value is -1.90. The lowest BCUT2D eigenvalue weighted by molar-refractivity contribution is 0.675. The Balaban J connectivity index is 1.53. The molecule has 0 aliphatic heterocycles. The van der Waals surface area contributed by atoms with E-state index in [4.69, 9.17) is 0 Å². The van der Waals surface area contributed by atoms with Crippen molar-refractivity contribution in [1.82, 2.24) is 0 Å². The Morgan fingerprint density at radius 3 is 1.50 bits per heavy atom. The summed E-state index contributed by atoms with van der Waals surface area (Å²) >= 11 is 3.88. The van der Waals surface area contributed by atoms with E-state index in [1.807, 2.05) is 22.7 Å². The van der Waals surface area contributed by atoms with Gasteiger partial charge in [-0.3, -0.25) is 0 Å². The van der Waals surface area contributed by atoms with Crippen LogP contribution < -0.4 is 0 Å². The Bertz CT molecular complexity index is 1110. The second-order valence-corrected chi connectivity index (χ2v) is 11.0. The fourth-order valence-corrected chi connectivity index (χ4v) is 6.62. The first-order valence-electron chi connectivity index (χ1n) is 12.5. The van der Waals surface area contributed by atoms with Crippen LogP contribution in [0.25, 0.3) is 43.1 Å². The third-order valence-electron chi connectivity index (χ3n) is 6.21. The summed E-state index contributed by atoms with van der Waals surface area (Å²) in [5.74, 6) is 0. The quantitative estimate of drug-likeness (QED) is 0.184. The molecule has 0 fully saturated rings. The molecule has 32 heavy (non-hydrogen) atoms. The van der Waals surface area contributed by atoms with Gasteiger partial charge in [0.25, 0.3) is 0 Å². The average Bonchev–Trinajstić information content (AvgIpc) is 3.42. The number of hydrogen-bond donors (Lipinski definition) is 0. The summed E-state index contributed by atoms with van der Waals surface area (Å²) < 4.78 is 2.85. The molecule has 0 amide bonds. The van der Waals surface area contributed by atoms with E-state index in [9.17, 15) is 0 Å². The van der Waals surface area contributed by atoms with Gasteiger partial charge in [-0.15, -0.1) is 22.7 Å². The fraction of sp³-hybridized carbons (Fsp3) is 0.400. The summed E-state index contributed by atoms with van der Waals surface area (Å²) in [7, 11) is 0. The first-order chi connectivity index (χ1) is 15.8. The molecular formula is C30H36S2. The zero-order valence-electron chi connectivity index (χ0n) is 19.7. The Kier molecular flexibility index (Phi) is 8.59. The van der Waals surface area contributed by atoms with Crippen LogP contribution in [-0.4, -0.2) is 0 Å². The Labute approximate surface area is 201 Å². The normalized spacial score (nSPS) is 12.4. The minimum Gasteiger partial charge on any atom is -0.135 e. The van der Waals surface area contributed by atoms with Crippen LogP contribution in [0.3, 0.4) is 0 Å². The molecule has 0 unspecified atom stereocenters. The standard InChI is InChI=1S/C30H36S2/c1-3-5-7-9-11-13-15-25-21-23-17-19-28-27(29(23)31-25)20-18-24-22-26(32-30(24)28)16-14-12-10-8-6-4-2/h13-22H,3-12H2,1-2H3/b15-13+,16-14+. The van der Waals surface area contributed by atoms with Gasteiger partial charge < -0.3 is 0 Å². The van der Waals surface area contributed by atoms with E-state index in [1.54, 1.807) is 0 Å². The third-order valence-corrected chi connectivity index (χ3v) is 8.51. The topological polar surface area (TPSA) is 0 Å². The van der Waals surface area contributed by atoms with Crippen molar-refractivity contribution in [3.05, 3.63) is 58.3 Å². The smallest absolute Gasteiger partial charge is 0.0428 e. The molecule has 2 aromatic carbocycles. The summed E-state index contributed by atoms with van der Waals surface area (Å²) in [4.78, 5) is 2.75. The lowest BCUT2D eigenvalue weighted by Gasteiger charge is -2.00. The highest BCUT2D eigenvalue weighted by atomic mass is 32.1. The van der Waals surface area contributed by atoms with Gasteiger partial charge in [-0.1, -0.05) is 88.8 Å². The molecule has 2 heterocycles. The third kappa shape index (κ3) is 5.71. The van der Waals surface area contributed by atoms with Crippen LogP contribution in [0.2, 0.25) is 0 Å². The zero-order chi connectivity index (χ0) is 22.2. The molecule has 0 radical (unpaired) electrons. The second-order valence-electron chi connectivity index (χ2n) is 8.86. The van der Waals surface area contributed by atoms with Gasteiger partial charge in [0.15, 0.2) is 0 Å². The number of benzene rings is 2. The van der Waals surface area contributed by atoms with Crippen LogP contribution in [0.5, 0.6) is 0 Å². The molecule has 0 aliphatic carbocycles. The van der Waals surface area contributed by atoms with Gasteiger partial charge in [0, 0.05) is 29.9 Å². The molecule has 0 aliphatic rings. The first-order valence-corrected chi connectivity index (χ1v) is 14.2. The van der Waals surface area contributed by atoms with E-state index in [-0.39, 0.29) is 0 Å². The molecule has 168 valence electrons. The van der Waals surface area contributed by atoms with Crippen molar-refractivity contribution in [2.45, 2.75) is 78.1 Å². The van der Waals surface area contributed by atoms with Crippen LogP contribution in [0.4, 0.5) is 0 Å². The second kappa shape index (κ2) is 11.8. The predicted molar refractivity (Wildman–Crippen MR) is 150 cm³/mol. The largest absolute Gasteiger partial charge is 0.135 e. The van der Waals surface area contributed by atoms with Crippen LogP contribution >= 0.6 is 22.7 Å². The van der Waals surface area contributed by atoms with E-state index >= 15 is 0 Å². The van der Waals surface area contributed by atoms with Gasteiger partial charge in [0.1, 0.15) is 0 Å². The van der Waals surface area contributed by atoms with E-state index in [1.165, 1.54) is 105 Å². The van der Waals surface area contributed by atoms with E-state index in [0.717, 1.165) is 0 Å². The number of fused-ring (bicyclic) bond motifs is 5. The maximum atomic E-state index is 2.36. The van der Waals surface area contributed by atoms with Crippen molar-refractivity contribution in [2.24, 2.45) is 0 Å². The van der Waals surface area contributed by atoms with Crippen LogP contribution in [0.15, 0.2) is 48.6 Å². The summed E-state index contributed by atoms with van der Waals surface area (Å²) in [6.45, 7) is 4.54. The minimum absolute atomic E-state index is 1.19. The highest BCUT2D eigenvalue weighted by molar-refractivity contribution is 7.22. The van der Waals surface area contributed by atoms with E-state index < -0.39 is 0 Å². The van der Waals surface area contributed by atoms with E-state index in [2.05, 4.69) is 74.5 Å². The summed E-state index contributed by atoms with van der Waals surface area (Å²) in [5.41, 5.74) is 0. The van der Waals surface area contributed by atoms with Gasteiger partial charge in [-0.05, 0) is 60.7 Å². The summed E-state index contributed by atoms with van der Waals surface area (Å²) in [6.07, 6.45) is 22.4. The lowest BCUT2D eigenvalue weighted by Crippen LogP contribution is -1.73. The molecule has 4 aromatic rings. The lowest BCUT2D eigenvalue weighted by atomic mass is 10.1. The molecule has 0 saturated carbocycles. The summed E-state index contributed by atoms with van der Waals surface area (Å²) in [6, 6.07) is 14.0. The van der Waals surface area contributed by atoms with Crippen molar-refractivity contribution >= 4 is 65.8 Å². The van der Waals surface area contributed by atoms with Gasteiger partial charge in [0.05, 0.1) is 0 Å². The molecule has 0 atom stereocenters. The molecule has 0 nitrogen and oxygen atoms in total. The minimum atomic E-state index is 1.19. The highest BCUT2D eigenvalue weighted by Crippen LogP contribution is 2.39. The molecule has 2 aromatic heterocycles. The molecule has 0 N–H and O–H groups in total. The Morgan fingerprint density at radius 1 is 0.594 bits per heavy atom. The van der Waals surface area contributed by atoms with Gasteiger partial charge >= 0.3 is 0 Å².